The van der Waals surface area contributed by atoms with E-state index >= 15 is 0 Å². The molecular weight excluding hydrogens is 1230 g/mol. The number of hydrogen-bond donors (Lipinski definition) is 3. The van der Waals surface area contributed by atoms with Gasteiger partial charge >= 0.3 is 39.5 Å². The van der Waals surface area contributed by atoms with Crippen LogP contribution in [0.4, 0.5) is 0 Å². The smallest absolute Gasteiger partial charge is 0.462 e. The molecule has 0 bridgehead atoms. The molecule has 0 aliphatic heterocycles. The Morgan fingerprint density at radius 3 is 0.628 bits per heavy atom. The highest BCUT2D eigenvalue weighted by molar-refractivity contribution is 7.47. The highest BCUT2D eigenvalue weighted by Crippen LogP contribution is 2.45. The number of esters is 4. The van der Waals surface area contributed by atoms with Gasteiger partial charge in [0.15, 0.2) is 12.2 Å². The second-order valence-corrected chi connectivity index (χ2v) is 29.9. The zero-order chi connectivity index (χ0) is 69.0. The SMILES string of the molecule is CCCCCCCCCCCCCCCCCCCCCCC(=O)O[C@H](COC(=O)CCCCCCCCCCCCCCCCCCCCC)COP(=O)(O)OC[C@@H](O)COP(=O)(O)OC[C@@H](COC(=O)CCCCCCCCC)OC(=O)CCCCCCCCCC. The molecule has 0 fully saturated rings. The van der Waals surface area contributed by atoms with Gasteiger partial charge in [0, 0.05) is 25.7 Å². The van der Waals surface area contributed by atoms with Gasteiger partial charge in [-0.3, -0.25) is 37.3 Å². The number of phosphoric ester groups is 2. The number of aliphatic hydroxyl groups is 1. The van der Waals surface area contributed by atoms with Crippen molar-refractivity contribution in [2.24, 2.45) is 0 Å². The Kier molecular flexibility index (Phi) is 68.1. The van der Waals surface area contributed by atoms with Crippen LogP contribution in [-0.4, -0.2) is 96.7 Å². The first-order valence-electron chi connectivity index (χ1n) is 39.3. The van der Waals surface area contributed by atoms with Gasteiger partial charge in [0.1, 0.15) is 19.3 Å². The molecule has 3 N–H and O–H groups in total. The van der Waals surface area contributed by atoms with Crippen molar-refractivity contribution in [3.63, 3.8) is 0 Å². The van der Waals surface area contributed by atoms with Crippen LogP contribution in [0, 0.1) is 0 Å². The zero-order valence-corrected chi connectivity index (χ0v) is 62.7. The molecule has 0 saturated carbocycles. The summed E-state index contributed by atoms with van der Waals surface area (Å²) in [4.78, 5) is 72.5. The lowest BCUT2D eigenvalue weighted by Crippen LogP contribution is -2.30. The maximum absolute atomic E-state index is 13.1. The Morgan fingerprint density at radius 2 is 0.426 bits per heavy atom. The quantitative estimate of drug-likeness (QED) is 0.0222. The Morgan fingerprint density at radius 1 is 0.255 bits per heavy atom. The average Bonchev–Trinajstić information content (AvgIpc) is 1.23. The minimum atomic E-state index is -4.95. The molecule has 0 aromatic heterocycles. The molecule has 17 nitrogen and oxygen atoms in total. The number of phosphoric acid groups is 2. The first-order valence-corrected chi connectivity index (χ1v) is 42.3. The van der Waals surface area contributed by atoms with Crippen molar-refractivity contribution in [1.29, 1.82) is 0 Å². The normalized spacial score (nSPS) is 13.9. The van der Waals surface area contributed by atoms with E-state index in [2.05, 4.69) is 27.7 Å². The molecule has 0 aliphatic rings. The number of hydrogen-bond acceptors (Lipinski definition) is 15. The minimum absolute atomic E-state index is 0.105. The van der Waals surface area contributed by atoms with Crippen LogP contribution in [0.15, 0.2) is 0 Å². The van der Waals surface area contributed by atoms with Crippen molar-refractivity contribution >= 4 is 39.5 Å². The molecule has 0 spiro atoms. The Balaban J connectivity index is 5.12. The highest BCUT2D eigenvalue weighted by atomic mass is 31.2. The summed E-state index contributed by atoms with van der Waals surface area (Å²) < 4.78 is 68.2. The molecular formula is C75H146O17P2. The summed E-state index contributed by atoms with van der Waals surface area (Å²) in [6, 6.07) is 0. The van der Waals surface area contributed by atoms with E-state index in [0.717, 1.165) is 109 Å². The first kappa shape index (κ1) is 92.1. The molecule has 94 heavy (non-hydrogen) atoms. The summed E-state index contributed by atoms with van der Waals surface area (Å²) in [5, 5.41) is 10.6. The number of unbranched alkanes of at least 4 members (excludes halogenated alkanes) is 50. The summed E-state index contributed by atoms with van der Waals surface area (Å²) in [5.74, 6) is -2.12. The molecule has 0 aliphatic carbocycles. The van der Waals surface area contributed by atoms with Crippen molar-refractivity contribution in [2.75, 3.05) is 39.6 Å². The van der Waals surface area contributed by atoms with Gasteiger partial charge in [0.05, 0.1) is 26.4 Å². The van der Waals surface area contributed by atoms with E-state index in [1.54, 1.807) is 0 Å². The van der Waals surface area contributed by atoms with Gasteiger partial charge in [-0.2, -0.15) is 0 Å². The lowest BCUT2D eigenvalue weighted by atomic mass is 10.0. The molecule has 0 amide bonds. The van der Waals surface area contributed by atoms with Crippen LogP contribution < -0.4 is 0 Å². The monoisotopic (exact) mass is 1380 g/mol. The van der Waals surface area contributed by atoms with E-state index in [0.29, 0.717) is 25.7 Å². The van der Waals surface area contributed by atoms with E-state index in [1.165, 1.54) is 212 Å². The van der Waals surface area contributed by atoms with Crippen LogP contribution in [0.1, 0.15) is 400 Å². The fourth-order valence-electron chi connectivity index (χ4n) is 11.6. The molecule has 558 valence electrons. The van der Waals surface area contributed by atoms with Crippen molar-refractivity contribution in [2.45, 2.75) is 418 Å². The van der Waals surface area contributed by atoms with Crippen LogP contribution in [0.3, 0.4) is 0 Å². The maximum Gasteiger partial charge on any atom is 0.472 e. The molecule has 5 atom stereocenters. The molecule has 2 unspecified atom stereocenters. The summed E-state index contributed by atoms with van der Waals surface area (Å²) in [7, 11) is -9.89. The van der Waals surface area contributed by atoms with Gasteiger partial charge in [-0.15, -0.1) is 0 Å². The average molecular weight is 1380 g/mol. The van der Waals surface area contributed by atoms with Gasteiger partial charge in [0.25, 0.3) is 0 Å². The number of carbonyl (C=O) groups excluding carboxylic acids is 4. The zero-order valence-electron chi connectivity index (χ0n) is 60.9. The van der Waals surface area contributed by atoms with Gasteiger partial charge in [-0.1, -0.05) is 349 Å². The highest BCUT2D eigenvalue weighted by Gasteiger charge is 2.30. The van der Waals surface area contributed by atoms with Crippen LogP contribution in [0.2, 0.25) is 0 Å². The second kappa shape index (κ2) is 69.5. The fraction of sp³-hybridized carbons (Fsp3) is 0.947. The predicted octanol–water partition coefficient (Wildman–Crippen LogP) is 22.2. The number of ether oxygens (including phenoxy) is 4. The minimum Gasteiger partial charge on any atom is -0.462 e. The van der Waals surface area contributed by atoms with Crippen molar-refractivity contribution in [3.8, 4) is 0 Å². The Hall–Kier alpha value is -1.94. The number of rotatable bonds is 76. The third-order valence-electron chi connectivity index (χ3n) is 17.6. The van der Waals surface area contributed by atoms with E-state index in [9.17, 15) is 43.2 Å². The van der Waals surface area contributed by atoms with Crippen LogP contribution >= 0.6 is 15.6 Å². The molecule has 0 radical (unpaired) electrons. The van der Waals surface area contributed by atoms with Gasteiger partial charge < -0.3 is 33.8 Å². The molecule has 0 heterocycles. The molecule has 19 heteroatoms. The third-order valence-corrected chi connectivity index (χ3v) is 19.5. The lowest BCUT2D eigenvalue weighted by molar-refractivity contribution is -0.161. The van der Waals surface area contributed by atoms with Crippen LogP contribution in [0.5, 0.6) is 0 Å². The van der Waals surface area contributed by atoms with Gasteiger partial charge in [0.2, 0.25) is 0 Å². The number of aliphatic hydroxyl groups excluding tert-OH is 1. The second-order valence-electron chi connectivity index (χ2n) is 27.0. The van der Waals surface area contributed by atoms with E-state index < -0.39 is 97.5 Å². The summed E-state index contributed by atoms with van der Waals surface area (Å²) >= 11 is 0. The fourth-order valence-corrected chi connectivity index (χ4v) is 13.2. The van der Waals surface area contributed by atoms with Crippen LogP contribution in [-0.2, 0) is 65.4 Å². The summed E-state index contributed by atoms with van der Waals surface area (Å²) in [5.41, 5.74) is 0. The lowest BCUT2D eigenvalue weighted by Gasteiger charge is -2.21. The standard InChI is InChI=1S/C75H146O17P2/c1-5-9-13-17-21-24-26-28-30-32-34-36-38-40-42-44-46-50-54-58-62-75(80)92-71(66-86-73(78)60-56-52-49-45-43-41-39-37-35-33-31-29-27-25-22-18-14-10-6-2)68-90-94(83,84)88-64-69(76)63-87-93(81,82)89-67-70(65-85-72(77)59-55-51-47-20-16-12-8-4)91-74(79)61-57-53-48-23-19-15-11-7-3/h69-71,76H,5-68H2,1-4H3,(H,81,82)(H,83,84)/t69-,70+,71+/m0/s1. The summed E-state index contributed by atoms with van der Waals surface area (Å²) in [6.45, 7) is 4.90. The van der Waals surface area contributed by atoms with Crippen LogP contribution in [0.25, 0.3) is 0 Å². The molecule has 0 aromatic rings. The molecule has 0 aromatic carbocycles. The predicted molar refractivity (Wildman–Crippen MR) is 382 cm³/mol. The van der Waals surface area contributed by atoms with E-state index in [1.807, 2.05) is 0 Å². The molecule has 0 rings (SSSR count). The molecule has 0 saturated heterocycles. The van der Waals surface area contributed by atoms with E-state index in [-0.39, 0.29) is 25.7 Å². The largest absolute Gasteiger partial charge is 0.472 e. The third kappa shape index (κ3) is 68.6. The van der Waals surface area contributed by atoms with Crippen molar-refractivity contribution < 1.29 is 80.2 Å². The Bertz CT molecular complexity index is 1790. The van der Waals surface area contributed by atoms with Gasteiger partial charge in [-0.25, -0.2) is 9.13 Å². The summed E-state index contributed by atoms with van der Waals surface area (Å²) in [6.07, 6.45) is 60.1. The topological polar surface area (TPSA) is 237 Å². The number of carbonyl (C=O) groups is 4. The van der Waals surface area contributed by atoms with Crippen molar-refractivity contribution in [1.82, 2.24) is 0 Å². The first-order chi connectivity index (χ1) is 45.7. The maximum atomic E-state index is 13.1. The van der Waals surface area contributed by atoms with Gasteiger partial charge in [-0.05, 0) is 25.7 Å². The van der Waals surface area contributed by atoms with E-state index in [4.69, 9.17) is 37.0 Å². The Labute approximate surface area is 575 Å². The van der Waals surface area contributed by atoms with Crippen molar-refractivity contribution in [3.05, 3.63) is 0 Å².